The van der Waals surface area contributed by atoms with Crippen molar-refractivity contribution in [1.29, 1.82) is 0 Å². The number of imidazole rings is 1. The summed E-state index contributed by atoms with van der Waals surface area (Å²) in [5, 5.41) is 3.60. The molecule has 0 amide bonds. The van der Waals surface area contributed by atoms with Crippen LogP contribution in [0.4, 0.5) is 0 Å². The minimum Gasteiger partial charge on any atom is -0.347 e. The van der Waals surface area contributed by atoms with E-state index in [9.17, 15) is 0 Å². The summed E-state index contributed by atoms with van der Waals surface area (Å²) >= 11 is 0. The molecule has 5 nitrogen and oxygen atoms in total. The van der Waals surface area contributed by atoms with Crippen molar-refractivity contribution >= 4 is 0 Å². The first-order chi connectivity index (χ1) is 9.24. The second-order valence-corrected chi connectivity index (χ2v) is 5.46. The van der Waals surface area contributed by atoms with Crippen LogP contribution in [0, 0.1) is 6.92 Å². The first-order valence-corrected chi connectivity index (χ1v) is 7.25. The lowest BCUT2D eigenvalue weighted by Crippen LogP contribution is -2.48. The van der Waals surface area contributed by atoms with E-state index in [0.717, 1.165) is 44.8 Å². The molecule has 0 radical (unpaired) electrons. The van der Waals surface area contributed by atoms with Crippen LogP contribution in [0.3, 0.4) is 0 Å². The SMILES string of the molecule is CCNC1CCC2(CC1n1ccnc1C)OCCO2. The molecule has 1 aromatic rings. The molecule has 1 spiro atoms. The summed E-state index contributed by atoms with van der Waals surface area (Å²) in [7, 11) is 0. The van der Waals surface area contributed by atoms with Crippen molar-refractivity contribution in [2.75, 3.05) is 19.8 Å². The van der Waals surface area contributed by atoms with Gasteiger partial charge in [0.1, 0.15) is 5.82 Å². The lowest BCUT2D eigenvalue weighted by molar-refractivity contribution is -0.188. The normalized spacial score (nSPS) is 30.0. The van der Waals surface area contributed by atoms with Gasteiger partial charge in [-0.05, 0) is 19.9 Å². The summed E-state index contributed by atoms with van der Waals surface area (Å²) in [6.07, 6.45) is 6.90. The van der Waals surface area contributed by atoms with Crippen molar-refractivity contribution < 1.29 is 9.47 Å². The predicted molar refractivity (Wildman–Crippen MR) is 72.0 cm³/mol. The molecule has 2 heterocycles. The first-order valence-electron chi connectivity index (χ1n) is 7.25. The molecule has 1 aromatic heterocycles. The number of hydrogen-bond acceptors (Lipinski definition) is 4. The highest BCUT2D eigenvalue weighted by molar-refractivity contribution is 5.01. The number of aryl methyl sites for hydroxylation is 1. The molecule has 0 bridgehead atoms. The third-order valence-corrected chi connectivity index (χ3v) is 4.32. The van der Waals surface area contributed by atoms with E-state index >= 15 is 0 Å². The molecule has 5 heteroatoms. The third kappa shape index (κ3) is 2.42. The van der Waals surface area contributed by atoms with Crippen LogP contribution in [-0.2, 0) is 9.47 Å². The maximum Gasteiger partial charge on any atom is 0.170 e. The van der Waals surface area contributed by atoms with E-state index in [-0.39, 0.29) is 5.79 Å². The molecule has 0 aromatic carbocycles. The highest BCUT2D eigenvalue weighted by Gasteiger charge is 2.45. The van der Waals surface area contributed by atoms with Crippen molar-refractivity contribution in [2.45, 2.75) is 51.0 Å². The summed E-state index contributed by atoms with van der Waals surface area (Å²) in [6.45, 7) is 6.65. The quantitative estimate of drug-likeness (QED) is 0.902. The van der Waals surface area contributed by atoms with Gasteiger partial charge in [-0.3, -0.25) is 0 Å². The zero-order valence-electron chi connectivity index (χ0n) is 11.8. The molecule has 1 saturated carbocycles. The van der Waals surface area contributed by atoms with E-state index in [0.29, 0.717) is 12.1 Å². The summed E-state index contributed by atoms with van der Waals surface area (Å²) in [4.78, 5) is 4.35. The molecule has 3 rings (SSSR count). The maximum absolute atomic E-state index is 5.89. The number of nitrogens with one attached hydrogen (secondary N) is 1. The fraction of sp³-hybridized carbons (Fsp3) is 0.786. The van der Waals surface area contributed by atoms with Gasteiger partial charge in [-0.2, -0.15) is 0 Å². The predicted octanol–water partition coefficient (Wildman–Crippen LogP) is 1.64. The maximum atomic E-state index is 5.89. The number of aromatic nitrogens is 2. The second-order valence-electron chi connectivity index (χ2n) is 5.46. The van der Waals surface area contributed by atoms with Crippen molar-refractivity contribution in [3.05, 3.63) is 18.2 Å². The Morgan fingerprint density at radius 2 is 2.26 bits per heavy atom. The molecule has 2 atom stereocenters. The molecule has 1 aliphatic heterocycles. The fourth-order valence-electron chi connectivity index (χ4n) is 3.42. The molecule has 2 fully saturated rings. The van der Waals surface area contributed by atoms with Crippen LogP contribution in [0.1, 0.15) is 38.1 Å². The van der Waals surface area contributed by atoms with Gasteiger partial charge in [0.2, 0.25) is 0 Å². The monoisotopic (exact) mass is 265 g/mol. The third-order valence-electron chi connectivity index (χ3n) is 4.32. The van der Waals surface area contributed by atoms with E-state index < -0.39 is 0 Å². The summed E-state index contributed by atoms with van der Waals surface area (Å²) < 4.78 is 14.0. The van der Waals surface area contributed by atoms with Gasteiger partial charge in [0.05, 0.1) is 19.3 Å². The number of ether oxygens (including phenoxy) is 2. The van der Waals surface area contributed by atoms with Gasteiger partial charge in [-0.25, -0.2) is 4.98 Å². The standard InChI is InChI=1S/C14H23N3O2/c1-3-15-12-4-5-14(18-8-9-19-14)10-13(12)17-7-6-16-11(17)2/h6-7,12-13,15H,3-5,8-10H2,1-2H3. The minimum atomic E-state index is -0.354. The van der Waals surface area contributed by atoms with E-state index in [1.54, 1.807) is 0 Å². The van der Waals surface area contributed by atoms with E-state index in [2.05, 4.69) is 34.9 Å². The Hall–Kier alpha value is -0.910. The average molecular weight is 265 g/mol. The van der Waals surface area contributed by atoms with E-state index in [1.165, 1.54) is 0 Å². The summed E-state index contributed by atoms with van der Waals surface area (Å²) in [5.41, 5.74) is 0. The number of nitrogens with zero attached hydrogens (tertiary/aromatic N) is 2. The van der Waals surface area contributed by atoms with Gasteiger partial charge in [0.15, 0.2) is 5.79 Å². The molecular formula is C14H23N3O2. The zero-order chi connectivity index (χ0) is 13.3. The Balaban J connectivity index is 1.84. The molecular weight excluding hydrogens is 242 g/mol. The highest BCUT2D eigenvalue weighted by atomic mass is 16.7. The molecule has 2 aliphatic rings. The molecule has 106 valence electrons. The zero-order valence-corrected chi connectivity index (χ0v) is 11.8. The average Bonchev–Trinajstić information content (AvgIpc) is 3.02. The molecule has 1 saturated heterocycles. The topological polar surface area (TPSA) is 48.3 Å². The molecule has 1 N–H and O–H groups in total. The highest BCUT2D eigenvalue weighted by Crippen LogP contribution is 2.41. The van der Waals surface area contributed by atoms with Gasteiger partial charge in [0, 0.05) is 31.3 Å². The Kier molecular flexibility index (Phi) is 3.60. The molecule has 19 heavy (non-hydrogen) atoms. The second kappa shape index (κ2) is 5.23. The van der Waals surface area contributed by atoms with Crippen molar-refractivity contribution in [3.63, 3.8) is 0 Å². The van der Waals surface area contributed by atoms with Gasteiger partial charge in [0.25, 0.3) is 0 Å². The summed E-state index contributed by atoms with van der Waals surface area (Å²) in [6, 6.07) is 0.825. The van der Waals surface area contributed by atoms with Crippen LogP contribution in [-0.4, -0.2) is 41.1 Å². The number of hydrogen-bond donors (Lipinski definition) is 1. The largest absolute Gasteiger partial charge is 0.347 e. The Morgan fingerprint density at radius 3 is 2.89 bits per heavy atom. The first kappa shape index (κ1) is 13.1. The Morgan fingerprint density at radius 1 is 1.47 bits per heavy atom. The van der Waals surface area contributed by atoms with Gasteiger partial charge in [-0.15, -0.1) is 0 Å². The fourth-order valence-corrected chi connectivity index (χ4v) is 3.42. The van der Waals surface area contributed by atoms with Crippen LogP contribution < -0.4 is 5.32 Å². The Bertz CT molecular complexity index is 426. The number of likely N-dealkylation sites (N-methyl/N-ethyl adjacent to an activating group) is 1. The summed E-state index contributed by atoms with van der Waals surface area (Å²) in [5.74, 6) is 0.704. The smallest absolute Gasteiger partial charge is 0.170 e. The van der Waals surface area contributed by atoms with Gasteiger partial charge in [-0.1, -0.05) is 6.92 Å². The van der Waals surface area contributed by atoms with Gasteiger partial charge < -0.3 is 19.4 Å². The lowest BCUT2D eigenvalue weighted by atomic mass is 9.85. The van der Waals surface area contributed by atoms with E-state index in [1.807, 2.05) is 6.20 Å². The lowest BCUT2D eigenvalue weighted by Gasteiger charge is -2.42. The number of rotatable bonds is 3. The van der Waals surface area contributed by atoms with Gasteiger partial charge >= 0.3 is 0 Å². The van der Waals surface area contributed by atoms with Crippen LogP contribution in [0.2, 0.25) is 0 Å². The van der Waals surface area contributed by atoms with Crippen LogP contribution in [0.5, 0.6) is 0 Å². The molecule has 2 unspecified atom stereocenters. The van der Waals surface area contributed by atoms with E-state index in [4.69, 9.17) is 9.47 Å². The van der Waals surface area contributed by atoms with Crippen LogP contribution in [0.25, 0.3) is 0 Å². The van der Waals surface area contributed by atoms with Crippen molar-refractivity contribution in [2.24, 2.45) is 0 Å². The molecule has 1 aliphatic carbocycles. The van der Waals surface area contributed by atoms with Crippen molar-refractivity contribution in [3.8, 4) is 0 Å². The minimum absolute atomic E-state index is 0.354. The van der Waals surface area contributed by atoms with Crippen molar-refractivity contribution in [1.82, 2.24) is 14.9 Å². The Labute approximate surface area is 114 Å². The van der Waals surface area contributed by atoms with Crippen LogP contribution >= 0.6 is 0 Å². The van der Waals surface area contributed by atoms with Crippen LogP contribution in [0.15, 0.2) is 12.4 Å².